The summed E-state index contributed by atoms with van der Waals surface area (Å²) in [4.78, 5) is 12.1. The molecule has 0 spiro atoms. The molecule has 0 aliphatic heterocycles. The molecule has 1 N–H and O–H groups in total. The Morgan fingerprint density at radius 1 is 1.14 bits per heavy atom. The van der Waals surface area contributed by atoms with Crippen LogP contribution in [0, 0.1) is 0 Å². The number of rotatable bonds is 4. The number of aromatic nitrogens is 2. The topological polar surface area (TPSA) is 64.2 Å². The van der Waals surface area contributed by atoms with Gasteiger partial charge >= 0.3 is 5.97 Å². The number of esters is 1. The Balaban J connectivity index is 1.71. The molecule has 0 unspecified atom stereocenters. The molecule has 3 aromatic rings. The summed E-state index contributed by atoms with van der Waals surface area (Å²) in [5.41, 5.74) is 2.01. The molecule has 5 heteroatoms. The minimum absolute atomic E-state index is 0.198. The van der Waals surface area contributed by atoms with Gasteiger partial charge in [0, 0.05) is 5.39 Å². The van der Waals surface area contributed by atoms with E-state index in [0.717, 1.165) is 22.2 Å². The Bertz CT molecular complexity index is 763. The van der Waals surface area contributed by atoms with E-state index in [0.29, 0.717) is 5.69 Å². The number of hydrogen-bond acceptors (Lipinski definition) is 4. The monoisotopic (exact) mass is 282 g/mol. The summed E-state index contributed by atoms with van der Waals surface area (Å²) in [5, 5.41) is 7.59. The maximum absolute atomic E-state index is 12.1. The molecule has 1 aromatic heterocycles. The molecule has 0 aliphatic carbocycles. The smallest absolute Gasteiger partial charge is 0.359 e. The number of benzene rings is 2. The van der Waals surface area contributed by atoms with Crippen LogP contribution in [0.5, 0.6) is 5.75 Å². The molecule has 0 saturated heterocycles. The lowest BCUT2D eigenvalue weighted by molar-refractivity contribution is 0.0468. The van der Waals surface area contributed by atoms with Crippen molar-refractivity contribution in [3.05, 3.63) is 59.8 Å². The van der Waals surface area contributed by atoms with Crippen molar-refractivity contribution in [2.75, 3.05) is 7.11 Å². The standard InChI is InChI=1S/C16H14N2O3/c1-20-12-8-6-11(7-9-12)10-21-16(19)15-13-4-2-3-5-14(13)17-18-15/h2-9H,10H2,1H3,(H,17,18). The number of ether oxygens (including phenoxy) is 2. The number of fused-ring (bicyclic) bond motifs is 1. The van der Waals surface area contributed by atoms with Crippen molar-refractivity contribution >= 4 is 16.9 Å². The fraction of sp³-hybridized carbons (Fsp3) is 0.125. The number of H-pyrrole nitrogens is 1. The van der Waals surface area contributed by atoms with Gasteiger partial charge in [-0.2, -0.15) is 5.10 Å². The fourth-order valence-corrected chi connectivity index (χ4v) is 2.06. The quantitative estimate of drug-likeness (QED) is 0.747. The lowest BCUT2D eigenvalue weighted by Gasteiger charge is -2.04. The number of methoxy groups -OCH3 is 1. The minimum atomic E-state index is -0.441. The van der Waals surface area contributed by atoms with Gasteiger partial charge in [0.15, 0.2) is 5.69 Å². The highest BCUT2D eigenvalue weighted by atomic mass is 16.5. The molecule has 2 aromatic carbocycles. The summed E-state index contributed by atoms with van der Waals surface area (Å²) in [6.07, 6.45) is 0. The summed E-state index contributed by atoms with van der Waals surface area (Å²) in [6.45, 7) is 0.198. The molecular weight excluding hydrogens is 268 g/mol. The van der Waals surface area contributed by atoms with Crippen LogP contribution in [-0.2, 0) is 11.3 Å². The van der Waals surface area contributed by atoms with Gasteiger partial charge in [0.05, 0.1) is 12.6 Å². The van der Waals surface area contributed by atoms with Crippen LogP contribution >= 0.6 is 0 Å². The van der Waals surface area contributed by atoms with Gasteiger partial charge in [0.2, 0.25) is 0 Å². The largest absolute Gasteiger partial charge is 0.497 e. The van der Waals surface area contributed by atoms with Crippen molar-refractivity contribution in [1.82, 2.24) is 10.2 Å². The van der Waals surface area contributed by atoms with Gasteiger partial charge in [-0.1, -0.05) is 30.3 Å². The van der Waals surface area contributed by atoms with E-state index in [9.17, 15) is 4.79 Å². The summed E-state index contributed by atoms with van der Waals surface area (Å²) in [7, 11) is 1.61. The number of hydrogen-bond donors (Lipinski definition) is 1. The van der Waals surface area contributed by atoms with E-state index >= 15 is 0 Å². The van der Waals surface area contributed by atoms with Crippen LogP contribution in [0.4, 0.5) is 0 Å². The molecule has 21 heavy (non-hydrogen) atoms. The van der Waals surface area contributed by atoms with Crippen LogP contribution in [-0.4, -0.2) is 23.3 Å². The second-order valence-electron chi connectivity index (χ2n) is 4.54. The van der Waals surface area contributed by atoms with Gasteiger partial charge in [-0.3, -0.25) is 5.10 Å². The number of nitrogens with one attached hydrogen (secondary N) is 1. The highest BCUT2D eigenvalue weighted by Gasteiger charge is 2.15. The fourth-order valence-electron chi connectivity index (χ4n) is 2.06. The van der Waals surface area contributed by atoms with Crippen LogP contribution in [0.1, 0.15) is 16.1 Å². The van der Waals surface area contributed by atoms with Gasteiger partial charge in [0.1, 0.15) is 12.4 Å². The van der Waals surface area contributed by atoms with E-state index in [1.54, 1.807) is 7.11 Å². The third kappa shape index (κ3) is 2.72. The van der Waals surface area contributed by atoms with E-state index in [1.165, 1.54) is 0 Å². The van der Waals surface area contributed by atoms with Gasteiger partial charge in [-0.25, -0.2) is 4.79 Å². The maximum atomic E-state index is 12.1. The van der Waals surface area contributed by atoms with Gasteiger partial charge in [-0.15, -0.1) is 0 Å². The predicted molar refractivity (Wildman–Crippen MR) is 78.2 cm³/mol. The first kappa shape index (κ1) is 13.2. The van der Waals surface area contributed by atoms with E-state index in [1.807, 2.05) is 48.5 Å². The second kappa shape index (κ2) is 5.66. The zero-order valence-electron chi connectivity index (χ0n) is 11.5. The first-order valence-corrected chi connectivity index (χ1v) is 6.51. The molecule has 3 rings (SSSR count). The molecule has 0 bridgehead atoms. The molecule has 106 valence electrons. The van der Waals surface area contributed by atoms with Crippen LogP contribution < -0.4 is 4.74 Å². The zero-order valence-corrected chi connectivity index (χ0v) is 11.5. The van der Waals surface area contributed by atoms with Crippen molar-refractivity contribution in [3.8, 4) is 5.75 Å². The Morgan fingerprint density at radius 3 is 2.67 bits per heavy atom. The minimum Gasteiger partial charge on any atom is -0.497 e. The average Bonchev–Trinajstić information content (AvgIpc) is 2.97. The number of aromatic amines is 1. The molecule has 0 radical (unpaired) electrons. The van der Waals surface area contributed by atoms with Crippen molar-refractivity contribution in [2.45, 2.75) is 6.61 Å². The van der Waals surface area contributed by atoms with E-state index in [2.05, 4.69) is 10.2 Å². The summed E-state index contributed by atoms with van der Waals surface area (Å²) in [5.74, 6) is 0.326. The zero-order chi connectivity index (χ0) is 14.7. The normalized spacial score (nSPS) is 10.5. The molecule has 5 nitrogen and oxygen atoms in total. The summed E-state index contributed by atoms with van der Waals surface area (Å²) >= 11 is 0. The number of para-hydroxylation sites is 1. The molecule has 0 fully saturated rings. The first-order valence-electron chi connectivity index (χ1n) is 6.51. The predicted octanol–water partition coefficient (Wildman–Crippen LogP) is 2.93. The van der Waals surface area contributed by atoms with Crippen molar-refractivity contribution < 1.29 is 14.3 Å². The molecular formula is C16H14N2O3. The second-order valence-corrected chi connectivity index (χ2v) is 4.54. The van der Waals surface area contributed by atoms with Crippen molar-refractivity contribution in [1.29, 1.82) is 0 Å². The summed E-state index contributed by atoms with van der Waals surface area (Å²) in [6, 6.07) is 14.8. The Morgan fingerprint density at radius 2 is 1.90 bits per heavy atom. The highest BCUT2D eigenvalue weighted by Crippen LogP contribution is 2.17. The van der Waals surface area contributed by atoms with E-state index in [-0.39, 0.29) is 6.61 Å². The van der Waals surface area contributed by atoms with E-state index < -0.39 is 5.97 Å². The molecule has 0 aliphatic rings. The SMILES string of the molecule is COc1ccc(COC(=O)c2n[nH]c3ccccc23)cc1. The van der Waals surface area contributed by atoms with Crippen molar-refractivity contribution in [3.63, 3.8) is 0 Å². The number of carbonyl (C=O) groups is 1. The van der Waals surface area contributed by atoms with Gasteiger partial charge in [-0.05, 0) is 23.8 Å². The summed E-state index contributed by atoms with van der Waals surface area (Å²) < 4.78 is 10.4. The van der Waals surface area contributed by atoms with E-state index in [4.69, 9.17) is 9.47 Å². The maximum Gasteiger partial charge on any atom is 0.359 e. The molecule has 0 atom stereocenters. The number of nitrogens with zero attached hydrogens (tertiary/aromatic N) is 1. The Kier molecular flexibility index (Phi) is 3.55. The third-order valence-electron chi connectivity index (χ3n) is 3.19. The average molecular weight is 282 g/mol. The molecule has 0 saturated carbocycles. The lowest BCUT2D eigenvalue weighted by atomic mass is 10.2. The Hall–Kier alpha value is -2.82. The van der Waals surface area contributed by atoms with Crippen LogP contribution in [0.2, 0.25) is 0 Å². The van der Waals surface area contributed by atoms with Crippen LogP contribution in [0.15, 0.2) is 48.5 Å². The first-order chi connectivity index (χ1) is 10.3. The lowest BCUT2D eigenvalue weighted by Crippen LogP contribution is -2.06. The number of carbonyl (C=O) groups excluding carboxylic acids is 1. The van der Waals surface area contributed by atoms with Crippen LogP contribution in [0.25, 0.3) is 10.9 Å². The van der Waals surface area contributed by atoms with Gasteiger partial charge in [0.25, 0.3) is 0 Å². The van der Waals surface area contributed by atoms with Crippen molar-refractivity contribution in [2.24, 2.45) is 0 Å². The van der Waals surface area contributed by atoms with Gasteiger partial charge < -0.3 is 9.47 Å². The molecule has 0 amide bonds. The Labute approximate surface area is 121 Å². The molecule has 1 heterocycles. The van der Waals surface area contributed by atoms with Crippen LogP contribution in [0.3, 0.4) is 0 Å². The highest BCUT2D eigenvalue weighted by molar-refractivity contribution is 6.01. The third-order valence-corrected chi connectivity index (χ3v) is 3.19.